The zero-order valence-corrected chi connectivity index (χ0v) is 19.9. The Morgan fingerprint density at radius 2 is 1.88 bits per heavy atom. The summed E-state index contributed by atoms with van der Waals surface area (Å²) in [5.41, 5.74) is 1.05. The van der Waals surface area contributed by atoms with Crippen LogP contribution in [-0.2, 0) is 12.0 Å². The maximum Gasteiger partial charge on any atom is 0.240 e. The van der Waals surface area contributed by atoms with Crippen LogP contribution in [0.2, 0.25) is 5.02 Å². The van der Waals surface area contributed by atoms with E-state index in [1.54, 1.807) is 18.2 Å². The highest BCUT2D eigenvalue weighted by molar-refractivity contribution is 6.30. The number of para-hydroxylation sites is 1. The molecule has 0 bridgehead atoms. The largest absolute Gasteiger partial charge is 0.487 e. The van der Waals surface area contributed by atoms with Crippen molar-refractivity contribution in [2.24, 2.45) is 0 Å². The first kappa shape index (κ1) is 23.3. The number of hydrogen-bond donors (Lipinski definition) is 1. The monoisotopic (exact) mass is 484 g/mol. The lowest BCUT2D eigenvalue weighted by Gasteiger charge is -2.39. The lowest BCUT2D eigenvalue weighted by molar-refractivity contribution is 0.0974. The highest BCUT2D eigenvalue weighted by Gasteiger charge is 2.44. The van der Waals surface area contributed by atoms with Gasteiger partial charge in [0, 0.05) is 31.2 Å². The molecule has 1 N–H and O–H groups in total. The third-order valence-corrected chi connectivity index (χ3v) is 7.30. The van der Waals surface area contributed by atoms with Crippen molar-refractivity contribution in [3.8, 4) is 5.75 Å². The number of nitrogens with one attached hydrogen (secondary N) is 1. The molecule has 3 aromatic rings. The molecule has 1 saturated heterocycles. The lowest BCUT2D eigenvalue weighted by Crippen LogP contribution is -2.41. The van der Waals surface area contributed by atoms with Crippen molar-refractivity contribution < 1.29 is 13.7 Å². The average Bonchev–Trinajstić information content (AvgIpc) is 3.29. The number of halogens is 2. The summed E-state index contributed by atoms with van der Waals surface area (Å²) in [7, 11) is 0. The smallest absolute Gasteiger partial charge is 0.240 e. The number of nitrogens with zero attached hydrogens (tertiary/aromatic N) is 3. The van der Waals surface area contributed by atoms with E-state index in [9.17, 15) is 4.39 Å². The number of aromatic nitrogens is 2. The van der Waals surface area contributed by atoms with Crippen molar-refractivity contribution in [2.45, 2.75) is 50.2 Å². The maximum atomic E-state index is 13.8. The van der Waals surface area contributed by atoms with Gasteiger partial charge in [0.05, 0.1) is 12.0 Å². The Bertz CT molecular complexity index is 1080. The molecule has 2 aliphatic rings. The van der Waals surface area contributed by atoms with Gasteiger partial charge in [0.25, 0.3) is 0 Å². The summed E-state index contributed by atoms with van der Waals surface area (Å²) >= 11 is 6.06. The summed E-state index contributed by atoms with van der Waals surface area (Å²) in [5, 5.41) is 8.47. The topological polar surface area (TPSA) is 63.4 Å². The molecule has 2 heterocycles. The molecule has 0 amide bonds. The lowest BCUT2D eigenvalue weighted by atomic mass is 9.64. The van der Waals surface area contributed by atoms with Crippen molar-refractivity contribution in [3.63, 3.8) is 0 Å². The van der Waals surface area contributed by atoms with Crippen LogP contribution in [0.25, 0.3) is 0 Å². The van der Waals surface area contributed by atoms with E-state index in [-0.39, 0.29) is 17.3 Å². The fourth-order valence-corrected chi connectivity index (χ4v) is 4.99. The van der Waals surface area contributed by atoms with Gasteiger partial charge in [-0.3, -0.25) is 0 Å². The van der Waals surface area contributed by atoms with E-state index in [1.165, 1.54) is 11.6 Å². The van der Waals surface area contributed by atoms with Crippen LogP contribution in [0.5, 0.6) is 5.75 Å². The van der Waals surface area contributed by atoms with Crippen LogP contribution in [0.1, 0.15) is 49.4 Å². The quantitative estimate of drug-likeness (QED) is 0.433. The SMILES string of the molecule is Fc1ccccc1OC1CCN(CCNCc2nc(C3(c4ccc(Cl)cc4)CCC3)no2)CC1. The predicted molar refractivity (Wildman–Crippen MR) is 129 cm³/mol. The van der Waals surface area contributed by atoms with E-state index in [0.717, 1.165) is 69.1 Å². The van der Waals surface area contributed by atoms with Crippen molar-refractivity contribution in [1.82, 2.24) is 20.4 Å². The minimum atomic E-state index is -0.297. The van der Waals surface area contributed by atoms with Crippen molar-refractivity contribution >= 4 is 11.6 Å². The summed E-state index contributed by atoms with van der Waals surface area (Å²) in [4.78, 5) is 7.11. The third-order valence-electron chi connectivity index (χ3n) is 7.05. The van der Waals surface area contributed by atoms with E-state index >= 15 is 0 Å². The molecule has 0 radical (unpaired) electrons. The van der Waals surface area contributed by atoms with Crippen LogP contribution < -0.4 is 10.1 Å². The number of rotatable bonds is 9. The fourth-order valence-electron chi connectivity index (χ4n) is 4.86. The van der Waals surface area contributed by atoms with Crippen LogP contribution in [0.4, 0.5) is 4.39 Å². The van der Waals surface area contributed by atoms with Crippen molar-refractivity contribution in [1.29, 1.82) is 0 Å². The van der Waals surface area contributed by atoms with Crippen LogP contribution in [0.3, 0.4) is 0 Å². The van der Waals surface area contributed by atoms with Gasteiger partial charge in [-0.25, -0.2) is 4.39 Å². The zero-order chi connectivity index (χ0) is 23.4. The highest BCUT2D eigenvalue weighted by Crippen LogP contribution is 2.47. The Labute approximate surface area is 204 Å². The number of likely N-dealkylation sites (tertiary alicyclic amines) is 1. The van der Waals surface area contributed by atoms with Gasteiger partial charge in [-0.15, -0.1) is 0 Å². The Kier molecular flexibility index (Phi) is 7.13. The molecule has 2 aromatic carbocycles. The molecule has 0 unspecified atom stereocenters. The molecular formula is C26H30ClFN4O2. The van der Waals surface area contributed by atoms with Crippen molar-refractivity contribution in [2.75, 3.05) is 26.2 Å². The van der Waals surface area contributed by atoms with Gasteiger partial charge in [0.2, 0.25) is 5.89 Å². The summed E-state index contributed by atoms with van der Waals surface area (Å²) < 4.78 is 25.2. The van der Waals surface area contributed by atoms with Crippen LogP contribution >= 0.6 is 11.6 Å². The molecule has 180 valence electrons. The maximum absolute atomic E-state index is 13.8. The first-order valence-corrected chi connectivity index (χ1v) is 12.4. The van der Waals surface area contributed by atoms with E-state index < -0.39 is 0 Å². The standard InChI is InChI=1S/C26H30ClFN4O2/c27-20-8-6-19(7-9-20)26(12-3-13-26)25-30-24(34-31-25)18-29-14-17-32-15-10-21(11-16-32)33-23-5-2-1-4-22(23)28/h1-2,4-9,21,29H,3,10-18H2. The summed E-state index contributed by atoms with van der Waals surface area (Å²) in [6.07, 6.45) is 5.07. The Morgan fingerprint density at radius 1 is 1.12 bits per heavy atom. The first-order chi connectivity index (χ1) is 16.6. The van der Waals surface area contributed by atoms with E-state index in [4.69, 9.17) is 25.8 Å². The van der Waals surface area contributed by atoms with E-state index in [1.807, 2.05) is 12.1 Å². The van der Waals surface area contributed by atoms with Crippen LogP contribution in [0, 0.1) is 5.82 Å². The Morgan fingerprint density at radius 3 is 2.59 bits per heavy atom. The summed E-state index contributed by atoms with van der Waals surface area (Å²) in [6, 6.07) is 14.6. The second-order valence-electron chi connectivity index (χ2n) is 9.22. The van der Waals surface area contributed by atoms with E-state index in [0.29, 0.717) is 18.2 Å². The molecule has 6 nitrogen and oxygen atoms in total. The normalized spacial score (nSPS) is 18.5. The minimum Gasteiger partial charge on any atom is -0.487 e. The molecule has 1 saturated carbocycles. The van der Waals surface area contributed by atoms with Gasteiger partial charge in [0.15, 0.2) is 17.4 Å². The summed E-state index contributed by atoms with van der Waals surface area (Å²) in [6.45, 7) is 4.20. The van der Waals surface area contributed by atoms with Crippen LogP contribution in [0.15, 0.2) is 53.1 Å². The van der Waals surface area contributed by atoms with Crippen molar-refractivity contribution in [3.05, 3.63) is 76.6 Å². The number of ether oxygens (including phenoxy) is 1. The molecule has 1 aliphatic heterocycles. The fraction of sp³-hybridized carbons (Fsp3) is 0.462. The molecule has 1 aliphatic carbocycles. The minimum absolute atomic E-state index is 0.0670. The van der Waals surface area contributed by atoms with Gasteiger partial charge < -0.3 is 19.5 Å². The Balaban J connectivity index is 1.05. The first-order valence-electron chi connectivity index (χ1n) is 12.1. The molecule has 0 spiro atoms. The van der Waals surface area contributed by atoms with Gasteiger partial charge in [-0.2, -0.15) is 4.98 Å². The molecule has 34 heavy (non-hydrogen) atoms. The zero-order valence-electron chi connectivity index (χ0n) is 19.2. The predicted octanol–water partition coefficient (Wildman–Crippen LogP) is 4.97. The third kappa shape index (κ3) is 5.11. The number of hydrogen-bond acceptors (Lipinski definition) is 6. The van der Waals surface area contributed by atoms with Gasteiger partial charge in [0.1, 0.15) is 6.10 Å². The second-order valence-corrected chi connectivity index (χ2v) is 9.66. The second kappa shape index (κ2) is 10.4. The average molecular weight is 485 g/mol. The highest BCUT2D eigenvalue weighted by atomic mass is 35.5. The summed E-state index contributed by atoms with van der Waals surface area (Å²) in [5.74, 6) is 1.44. The Hall–Kier alpha value is -2.48. The number of benzene rings is 2. The molecule has 1 aromatic heterocycles. The molecule has 5 rings (SSSR count). The van der Waals surface area contributed by atoms with Crippen LogP contribution in [-0.4, -0.2) is 47.3 Å². The number of piperidine rings is 1. The molecule has 8 heteroatoms. The molecule has 2 fully saturated rings. The van der Waals surface area contributed by atoms with Gasteiger partial charge in [-0.1, -0.05) is 47.4 Å². The van der Waals surface area contributed by atoms with Gasteiger partial charge in [-0.05, 0) is 55.5 Å². The van der Waals surface area contributed by atoms with Gasteiger partial charge >= 0.3 is 0 Å². The molecule has 0 atom stereocenters. The molecular weight excluding hydrogens is 455 g/mol. The van der Waals surface area contributed by atoms with E-state index in [2.05, 4.69) is 27.5 Å².